The zero-order valence-corrected chi connectivity index (χ0v) is 26.9. The van der Waals surface area contributed by atoms with Gasteiger partial charge >= 0.3 is 11.9 Å². The summed E-state index contributed by atoms with van der Waals surface area (Å²) in [6.07, 6.45) is 39.6. The van der Waals surface area contributed by atoms with Crippen LogP contribution >= 0.6 is 0 Å². The molecular weight excluding hydrogens is 496 g/mol. The number of carbonyl (C=O) groups is 2. The van der Waals surface area contributed by atoms with E-state index in [1.165, 1.54) is 135 Å². The van der Waals surface area contributed by atoms with E-state index < -0.39 is 11.9 Å². The SMILES string of the molecule is CCCCCCCCCCCCCCCCCCCCCCC/C=C/CCCCC(CC(=O)O)C(=O)OCCC. The van der Waals surface area contributed by atoms with Crippen LogP contribution in [-0.2, 0) is 14.3 Å². The van der Waals surface area contributed by atoms with Gasteiger partial charge in [-0.05, 0) is 38.5 Å². The van der Waals surface area contributed by atoms with Gasteiger partial charge in [0, 0.05) is 0 Å². The first kappa shape index (κ1) is 38.7. The molecule has 0 spiro atoms. The van der Waals surface area contributed by atoms with Gasteiger partial charge < -0.3 is 9.84 Å². The summed E-state index contributed by atoms with van der Waals surface area (Å²) in [5, 5.41) is 9.04. The van der Waals surface area contributed by atoms with Crippen LogP contribution in [-0.4, -0.2) is 23.7 Å². The Balaban J connectivity index is 3.35. The number of allylic oxidation sites excluding steroid dienone is 2. The van der Waals surface area contributed by atoms with Crippen LogP contribution in [0, 0.1) is 5.92 Å². The van der Waals surface area contributed by atoms with E-state index in [-0.39, 0.29) is 12.4 Å². The number of hydrogen-bond donors (Lipinski definition) is 1. The third-order valence-corrected chi connectivity index (χ3v) is 8.02. The van der Waals surface area contributed by atoms with Gasteiger partial charge in [0.2, 0.25) is 0 Å². The average Bonchev–Trinajstić information content (AvgIpc) is 2.94. The summed E-state index contributed by atoms with van der Waals surface area (Å²) in [7, 11) is 0. The van der Waals surface area contributed by atoms with E-state index in [9.17, 15) is 9.59 Å². The van der Waals surface area contributed by atoms with Gasteiger partial charge in [0.15, 0.2) is 0 Å². The molecule has 0 aromatic carbocycles. The summed E-state index contributed by atoms with van der Waals surface area (Å²) in [4.78, 5) is 23.0. The van der Waals surface area contributed by atoms with Gasteiger partial charge in [0.05, 0.1) is 18.9 Å². The quantitative estimate of drug-likeness (QED) is 0.0501. The third-order valence-electron chi connectivity index (χ3n) is 8.02. The second kappa shape index (κ2) is 32.2. The first-order chi connectivity index (χ1) is 19.6. The van der Waals surface area contributed by atoms with Gasteiger partial charge in [-0.25, -0.2) is 0 Å². The molecule has 4 nitrogen and oxygen atoms in total. The molecule has 0 fully saturated rings. The molecule has 0 bridgehead atoms. The molecule has 0 aromatic rings. The number of aliphatic carboxylic acids is 1. The van der Waals surface area contributed by atoms with E-state index in [0.29, 0.717) is 13.0 Å². The van der Waals surface area contributed by atoms with Crippen molar-refractivity contribution >= 4 is 11.9 Å². The molecule has 0 aromatic heterocycles. The lowest BCUT2D eigenvalue weighted by atomic mass is 9.98. The van der Waals surface area contributed by atoms with E-state index >= 15 is 0 Å². The minimum atomic E-state index is -0.927. The van der Waals surface area contributed by atoms with E-state index in [1.807, 2.05) is 6.92 Å². The number of rotatable bonds is 32. The van der Waals surface area contributed by atoms with Crippen molar-refractivity contribution in [2.24, 2.45) is 5.92 Å². The summed E-state index contributed by atoms with van der Waals surface area (Å²) in [5.74, 6) is -1.79. The maximum Gasteiger partial charge on any atom is 0.309 e. The van der Waals surface area contributed by atoms with Gasteiger partial charge in [-0.3, -0.25) is 9.59 Å². The van der Waals surface area contributed by atoms with Crippen LogP contribution in [0.25, 0.3) is 0 Å². The van der Waals surface area contributed by atoms with Gasteiger partial charge in [-0.2, -0.15) is 0 Å². The Morgan fingerprint density at radius 1 is 0.550 bits per heavy atom. The third kappa shape index (κ3) is 29.7. The Labute approximate surface area is 249 Å². The molecule has 0 saturated carbocycles. The number of esters is 1. The fourth-order valence-corrected chi connectivity index (χ4v) is 5.42. The van der Waals surface area contributed by atoms with E-state index in [1.54, 1.807) is 0 Å². The fourth-order valence-electron chi connectivity index (χ4n) is 5.42. The minimum Gasteiger partial charge on any atom is -0.481 e. The van der Waals surface area contributed by atoms with E-state index in [0.717, 1.165) is 32.1 Å². The molecule has 0 amide bonds. The van der Waals surface area contributed by atoms with Crippen molar-refractivity contribution in [1.82, 2.24) is 0 Å². The second-order valence-electron chi connectivity index (χ2n) is 12.1. The normalized spacial score (nSPS) is 12.2. The molecule has 0 radical (unpaired) electrons. The summed E-state index contributed by atoms with van der Waals surface area (Å²) < 4.78 is 5.15. The van der Waals surface area contributed by atoms with Crippen LogP contribution < -0.4 is 0 Å². The Morgan fingerprint density at radius 2 is 0.925 bits per heavy atom. The molecule has 1 atom stereocenters. The molecule has 4 heteroatoms. The van der Waals surface area contributed by atoms with Crippen LogP contribution in [0.2, 0.25) is 0 Å². The van der Waals surface area contributed by atoms with E-state index in [4.69, 9.17) is 9.84 Å². The van der Waals surface area contributed by atoms with Gasteiger partial charge in [-0.1, -0.05) is 161 Å². The van der Waals surface area contributed by atoms with Crippen LogP contribution in [0.15, 0.2) is 12.2 Å². The molecule has 0 aliphatic carbocycles. The van der Waals surface area contributed by atoms with E-state index in [2.05, 4.69) is 19.1 Å². The van der Waals surface area contributed by atoms with Crippen LogP contribution in [0.1, 0.15) is 194 Å². The summed E-state index contributed by atoms with van der Waals surface area (Å²) in [6, 6.07) is 0. The number of unbranched alkanes of at least 4 members (excludes halogenated alkanes) is 23. The molecule has 40 heavy (non-hydrogen) atoms. The number of carboxylic acids is 1. The van der Waals surface area contributed by atoms with Crippen molar-refractivity contribution in [3.63, 3.8) is 0 Å². The number of hydrogen-bond acceptors (Lipinski definition) is 3. The highest BCUT2D eigenvalue weighted by Gasteiger charge is 2.22. The van der Waals surface area contributed by atoms with Crippen LogP contribution in [0.3, 0.4) is 0 Å². The van der Waals surface area contributed by atoms with Crippen LogP contribution in [0.4, 0.5) is 0 Å². The molecule has 0 heterocycles. The average molecular weight is 565 g/mol. The highest BCUT2D eigenvalue weighted by atomic mass is 16.5. The smallest absolute Gasteiger partial charge is 0.309 e. The predicted molar refractivity (Wildman–Crippen MR) is 172 cm³/mol. The topological polar surface area (TPSA) is 63.6 Å². The second-order valence-corrected chi connectivity index (χ2v) is 12.1. The van der Waals surface area contributed by atoms with Crippen molar-refractivity contribution in [3.05, 3.63) is 12.2 Å². The molecule has 0 rings (SSSR count). The van der Waals surface area contributed by atoms with Gasteiger partial charge in [0.25, 0.3) is 0 Å². The molecule has 1 N–H and O–H groups in total. The highest BCUT2D eigenvalue weighted by Crippen LogP contribution is 2.17. The van der Waals surface area contributed by atoms with Gasteiger partial charge in [0.1, 0.15) is 0 Å². The zero-order chi connectivity index (χ0) is 29.4. The molecule has 0 aliphatic heterocycles. The lowest BCUT2D eigenvalue weighted by molar-refractivity contribution is -0.153. The standard InChI is InChI=1S/C36H68O4/c1-3-5-6-7-8-9-10-11-12-13-14-15-16-17-18-19-20-21-22-23-24-25-26-27-28-29-30-31-34(33-35(37)38)36(39)40-32-4-2/h26-27,34H,3-25,28-33H2,1-2H3,(H,37,38)/b27-26+. The Kier molecular flexibility index (Phi) is 31.1. The Hall–Kier alpha value is -1.32. The first-order valence-electron chi connectivity index (χ1n) is 17.6. The first-order valence-corrected chi connectivity index (χ1v) is 17.6. The maximum absolute atomic E-state index is 12.0. The van der Waals surface area contributed by atoms with Crippen molar-refractivity contribution in [1.29, 1.82) is 0 Å². The van der Waals surface area contributed by atoms with Crippen molar-refractivity contribution in [3.8, 4) is 0 Å². The Morgan fingerprint density at radius 3 is 1.30 bits per heavy atom. The van der Waals surface area contributed by atoms with Crippen molar-refractivity contribution < 1.29 is 19.4 Å². The minimum absolute atomic E-state index is 0.127. The Bertz CT molecular complexity index is 571. The molecule has 0 saturated heterocycles. The largest absolute Gasteiger partial charge is 0.481 e. The lowest BCUT2D eigenvalue weighted by Gasteiger charge is -2.13. The monoisotopic (exact) mass is 565 g/mol. The molecule has 0 aliphatic rings. The van der Waals surface area contributed by atoms with Crippen molar-refractivity contribution in [2.45, 2.75) is 194 Å². The number of carbonyl (C=O) groups excluding carboxylic acids is 1. The zero-order valence-electron chi connectivity index (χ0n) is 26.9. The predicted octanol–water partition coefficient (Wildman–Crippen LogP) is 11.7. The highest BCUT2D eigenvalue weighted by molar-refractivity contribution is 5.79. The lowest BCUT2D eigenvalue weighted by Crippen LogP contribution is -2.21. The fraction of sp³-hybridized carbons (Fsp3) is 0.889. The summed E-state index contributed by atoms with van der Waals surface area (Å²) in [6.45, 7) is 4.60. The van der Waals surface area contributed by atoms with Crippen LogP contribution in [0.5, 0.6) is 0 Å². The molecular formula is C36H68O4. The van der Waals surface area contributed by atoms with Gasteiger partial charge in [-0.15, -0.1) is 0 Å². The molecule has 1 unspecified atom stereocenters. The summed E-state index contributed by atoms with van der Waals surface area (Å²) in [5.41, 5.74) is 0. The maximum atomic E-state index is 12.0. The number of ether oxygens (including phenoxy) is 1. The molecule has 236 valence electrons. The number of carboxylic acid groups (broad SMARTS) is 1. The van der Waals surface area contributed by atoms with Crippen molar-refractivity contribution in [2.75, 3.05) is 6.61 Å². The summed E-state index contributed by atoms with van der Waals surface area (Å²) >= 11 is 0.